The van der Waals surface area contributed by atoms with Gasteiger partial charge in [0.05, 0.1) is 29.7 Å². The van der Waals surface area contributed by atoms with Crippen molar-refractivity contribution in [2.45, 2.75) is 12.6 Å². The molecular weight excluding hydrogens is 187 g/mol. The van der Waals surface area contributed by atoms with Crippen LogP contribution in [0.5, 0.6) is 0 Å². The Labute approximate surface area is 74.5 Å². The molecule has 0 aliphatic heterocycles. The van der Waals surface area contributed by atoms with Gasteiger partial charge in [0.1, 0.15) is 0 Å². The zero-order valence-corrected chi connectivity index (χ0v) is 7.26. The summed E-state index contributed by atoms with van der Waals surface area (Å²) in [5.74, 6) is 0.206. The molecule has 1 aromatic rings. The number of rotatable bonds is 3. The van der Waals surface area contributed by atoms with Crippen molar-refractivity contribution in [3.05, 3.63) is 17.4 Å². The van der Waals surface area contributed by atoms with Crippen LogP contribution in [0.1, 0.15) is 0 Å². The molecule has 1 unspecified atom stereocenters. The molecule has 0 bridgehead atoms. The molecule has 0 aliphatic carbocycles. The van der Waals surface area contributed by atoms with Gasteiger partial charge in [0, 0.05) is 6.20 Å². The monoisotopic (exact) mass is 194 g/mol. The molecule has 1 heterocycles. The molecular formula is C6H8Cl2N2O. The molecule has 0 fully saturated rings. The summed E-state index contributed by atoms with van der Waals surface area (Å²) in [6.45, 7) is 0.385. The first-order valence-corrected chi connectivity index (χ1v) is 4.05. The number of aromatic nitrogens is 2. The largest absolute Gasteiger partial charge is 0.390 e. The van der Waals surface area contributed by atoms with E-state index in [1.807, 2.05) is 0 Å². The number of aliphatic hydroxyl groups is 1. The van der Waals surface area contributed by atoms with Crippen LogP contribution in [0.15, 0.2) is 12.4 Å². The molecule has 11 heavy (non-hydrogen) atoms. The van der Waals surface area contributed by atoms with Gasteiger partial charge >= 0.3 is 0 Å². The summed E-state index contributed by atoms with van der Waals surface area (Å²) in [6, 6.07) is 0. The van der Waals surface area contributed by atoms with E-state index < -0.39 is 6.10 Å². The minimum absolute atomic E-state index is 0.206. The lowest BCUT2D eigenvalue weighted by atomic mass is 10.4. The summed E-state index contributed by atoms with van der Waals surface area (Å²) in [4.78, 5) is 0. The number of nitrogens with zero attached hydrogens (tertiary/aromatic N) is 2. The van der Waals surface area contributed by atoms with Crippen LogP contribution in [0.4, 0.5) is 0 Å². The molecule has 0 saturated carbocycles. The van der Waals surface area contributed by atoms with Gasteiger partial charge in [-0.2, -0.15) is 5.10 Å². The minimum Gasteiger partial charge on any atom is -0.390 e. The summed E-state index contributed by atoms with van der Waals surface area (Å²) in [5, 5.41) is 13.5. The standard InChI is InChI=1S/C6H8Cl2N2O/c7-1-6(11)4-10-3-5(8)2-9-10/h2-3,6,11H,1,4H2. The first kappa shape index (κ1) is 8.84. The number of aliphatic hydroxyl groups excluding tert-OH is 1. The molecule has 0 aliphatic rings. The quantitative estimate of drug-likeness (QED) is 0.734. The molecule has 0 radical (unpaired) electrons. The maximum Gasteiger partial charge on any atom is 0.0871 e. The Kier molecular flexibility index (Phi) is 3.17. The fourth-order valence-corrected chi connectivity index (χ4v) is 0.957. The van der Waals surface area contributed by atoms with Crippen LogP contribution in [0.3, 0.4) is 0 Å². The summed E-state index contributed by atoms with van der Waals surface area (Å²) >= 11 is 11.0. The van der Waals surface area contributed by atoms with Crippen molar-refractivity contribution in [3.8, 4) is 0 Å². The van der Waals surface area contributed by atoms with E-state index in [1.54, 1.807) is 10.9 Å². The van der Waals surface area contributed by atoms with Crippen molar-refractivity contribution in [1.29, 1.82) is 0 Å². The third-order valence-corrected chi connectivity index (χ3v) is 1.73. The summed E-state index contributed by atoms with van der Waals surface area (Å²) in [6.07, 6.45) is 2.59. The van der Waals surface area contributed by atoms with Crippen LogP contribution in [-0.4, -0.2) is 26.9 Å². The number of alkyl halides is 1. The van der Waals surface area contributed by atoms with Gasteiger partial charge in [-0.3, -0.25) is 4.68 Å². The van der Waals surface area contributed by atoms with Crippen molar-refractivity contribution in [2.75, 3.05) is 5.88 Å². The highest BCUT2D eigenvalue weighted by molar-refractivity contribution is 6.30. The van der Waals surface area contributed by atoms with Crippen molar-refractivity contribution in [1.82, 2.24) is 9.78 Å². The summed E-state index contributed by atoms with van der Waals surface area (Å²) < 4.78 is 1.55. The van der Waals surface area contributed by atoms with Gasteiger partial charge in [-0.25, -0.2) is 0 Å². The molecule has 1 atom stereocenters. The van der Waals surface area contributed by atoms with Gasteiger partial charge in [-0.05, 0) is 0 Å². The Morgan fingerprint density at radius 1 is 1.73 bits per heavy atom. The maximum absolute atomic E-state index is 9.08. The van der Waals surface area contributed by atoms with E-state index in [0.717, 1.165) is 0 Å². The van der Waals surface area contributed by atoms with E-state index in [-0.39, 0.29) is 5.88 Å². The summed E-state index contributed by atoms with van der Waals surface area (Å²) in [5.41, 5.74) is 0. The van der Waals surface area contributed by atoms with Gasteiger partial charge in [0.25, 0.3) is 0 Å². The zero-order valence-electron chi connectivity index (χ0n) is 5.74. The van der Waals surface area contributed by atoms with E-state index in [4.69, 9.17) is 28.3 Å². The lowest BCUT2D eigenvalue weighted by Crippen LogP contribution is -2.17. The smallest absolute Gasteiger partial charge is 0.0871 e. The van der Waals surface area contributed by atoms with Crippen molar-refractivity contribution in [3.63, 3.8) is 0 Å². The highest BCUT2D eigenvalue weighted by Gasteiger charge is 2.03. The molecule has 0 aromatic carbocycles. The molecule has 1 N–H and O–H groups in total. The zero-order chi connectivity index (χ0) is 8.27. The highest BCUT2D eigenvalue weighted by atomic mass is 35.5. The van der Waals surface area contributed by atoms with E-state index in [0.29, 0.717) is 11.6 Å². The molecule has 0 saturated heterocycles. The number of halogens is 2. The Morgan fingerprint density at radius 2 is 2.45 bits per heavy atom. The van der Waals surface area contributed by atoms with E-state index >= 15 is 0 Å². The Balaban J connectivity index is 2.50. The fraction of sp³-hybridized carbons (Fsp3) is 0.500. The van der Waals surface area contributed by atoms with Crippen LogP contribution in [0.25, 0.3) is 0 Å². The average molecular weight is 195 g/mol. The Bertz CT molecular complexity index is 226. The van der Waals surface area contributed by atoms with Gasteiger partial charge in [0.2, 0.25) is 0 Å². The third-order valence-electron chi connectivity index (χ3n) is 1.18. The molecule has 3 nitrogen and oxygen atoms in total. The predicted octanol–water partition coefficient (Wildman–Crippen LogP) is 1.14. The molecule has 5 heteroatoms. The van der Waals surface area contributed by atoms with Gasteiger partial charge < -0.3 is 5.11 Å². The van der Waals surface area contributed by atoms with Gasteiger partial charge in [-0.1, -0.05) is 11.6 Å². The molecule has 0 spiro atoms. The van der Waals surface area contributed by atoms with Crippen LogP contribution >= 0.6 is 23.2 Å². The van der Waals surface area contributed by atoms with E-state index in [9.17, 15) is 0 Å². The first-order chi connectivity index (χ1) is 5.22. The Morgan fingerprint density at radius 3 is 2.91 bits per heavy atom. The Hall–Kier alpha value is -0.250. The SMILES string of the molecule is OC(CCl)Cn1cc(Cl)cn1. The maximum atomic E-state index is 9.08. The predicted molar refractivity (Wildman–Crippen MR) is 44.0 cm³/mol. The van der Waals surface area contributed by atoms with Gasteiger partial charge in [0.15, 0.2) is 0 Å². The summed E-state index contributed by atoms with van der Waals surface area (Å²) in [7, 11) is 0. The second kappa shape index (κ2) is 3.95. The highest BCUT2D eigenvalue weighted by Crippen LogP contribution is 2.05. The average Bonchev–Trinajstić information content (AvgIpc) is 2.35. The van der Waals surface area contributed by atoms with Crippen LogP contribution in [0, 0.1) is 0 Å². The molecule has 62 valence electrons. The normalized spacial score (nSPS) is 13.4. The lowest BCUT2D eigenvalue weighted by molar-refractivity contribution is 0.171. The first-order valence-electron chi connectivity index (χ1n) is 3.14. The van der Waals surface area contributed by atoms with Crippen LogP contribution < -0.4 is 0 Å². The van der Waals surface area contributed by atoms with E-state index in [2.05, 4.69) is 5.10 Å². The third kappa shape index (κ3) is 2.69. The molecule has 1 aromatic heterocycles. The van der Waals surface area contributed by atoms with E-state index in [1.165, 1.54) is 6.20 Å². The van der Waals surface area contributed by atoms with Crippen LogP contribution in [-0.2, 0) is 6.54 Å². The van der Waals surface area contributed by atoms with Crippen LogP contribution in [0.2, 0.25) is 5.02 Å². The second-order valence-corrected chi connectivity index (χ2v) is 2.93. The topological polar surface area (TPSA) is 38.0 Å². The molecule has 0 amide bonds. The van der Waals surface area contributed by atoms with Gasteiger partial charge in [-0.15, -0.1) is 11.6 Å². The number of hydrogen-bond acceptors (Lipinski definition) is 2. The second-order valence-electron chi connectivity index (χ2n) is 2.19. The van der Waals surface area contributed by atoms with Crippen molar-refractivity contribution < 1.29 is 5.11 Å². The molecule has 1 rings (SSSR count). The fourth-order valence-electron chi connectivity index (χ4n) is 0.703. The minimum atomic E-state index is -0.562. The van der Waals surface area contributed by atoms with Crippen molar-refractivity contribution >= 4 is 23.2 Å². The lowest BCUT2D eigenvalue weighted by Gasteiger charge is -2.04. The number of hydrogen-bond donors (Lipinski definition) is 1. The van der Waals surface area contributed by atoms with Crippen molar-refractivity contribution in [2.24, 2.45) is 0 Å².